The Kier molecular flexibility index (Phi) is 8.07. The van der Waals surface area contributed by atoms with E-state index in [9.17, 15) is 0 Å². The lowest BCUT2D eigenvalue weighted by Gasteiger charge is -2.37. The highest BCUT2D eigenvalue weighted by Gasteiger charge is 2.22. The molecule has 0 aromatic heterocycles. The minimum Gasteiger partial charge on any atom is -0.330 e. The smallest absolute Gasteiger partial charge is 0.0107 e. The van der Waals surface area contributed by atoms with Gasteiger partial charge in [-0.3, -0.25) is 4.90 Å². The largest absolute Gasteiger partial charge is 0.330 e. The number of hydrogen-bond donors (Lipinski definition) is 1. The molecule has 2 heteroatoms. The van der Waals surface area contributed by atoms with Crippen LogP contribution in [0.3, 0.4) is 0 Å². The fourth-order valence-corrected chi connectivity index (χ4v) is 1.92. The third kappa shape index (κ3) is 4.98. The molecule has 0 bridgehead atoms. The van der Waals surface area contributed by atoms with E-state index in [0.29, 0.717) is 18.0 Å². The number of rotatable bonds is 8. The fourth-order valence-electron chi connectivity index (χ4n) is 1.92. The van der Waals surface area contributed by atoms with Crippen LogP contribution in [-0.4, -0.2) is 30.1 Å². The fraction of sp³-hybridized carbons (Fsp3) is 1.00. The van der Waals surface area contributed by atoms with E-state index in [2.05, 4.69) is 39.5 Å². The molecule has 2 nitrogen and oxygen atoms in total. The van der Waals surface area contributed by atoms with E-state index in [0.717, 1.165) is 6.54 Å². The zero-order valence-electron chi connectivity index (χ0n) is 11.3. The molecule has 0 spiro atoms. The van der Waals surface area contributed by atoms with E-state index in [1.165, 1.54) is 25.8 Å². The third-order valence-corrected chi connectivity index (χ3v) is 3.65. The average Bonchev–Trinajstić information content (AvgIpc) is 2.27. The number of nitrogens with zero attached hydrogens (tertiary/aromatic N) is 1. The Hall–Kier alpha value is -0.0800. The van der Waals surface area contributed by atoms with E-state index >= 15 is 0 Å². The van der Waals surface area contributed by atoms with Crippen molar-refractivity contribution in [3.63, 3.8) is 0 Å². The maximum Gasteiger partial charge on any atom is 0.0107 e. The summed E-state index contributed by atoms with van der Waals surface area (Å²) in [5.74, 6) is 0.593. The third-order valence-electron chi connectivity index (χ3n) is 3.65. The van der Waals surface area contributed by atoms with Gasteiger partial charge in [-0.1, -0.05) is 27.2 Å². The van der Waals surface area contributed by atoms with Gasteiger partial charge in [0.25, 0.3) is 0 Å². The summed E-state index contributed by atoms with van der Waals surface area (Å²) < 4.78 is 0. The first kappa shape index (κ1) is 14.9. The SMILES string of the molecule is CCCCN(C(C)CC)C(C)C(C)CN. The maximum atomic E-state index is 5.75. The standard InChI is InChI=1S/C13H30N2/c1-6-8-9-15(12(4)7-2)13(5)11(3)10-14/h11-13H,6-10,14H2,1-5H3. The number of nitrogens with two attached hydrogens (primary N) is 1. The summed E-state index contributed by atoms with van der Waals surface area (Å²) in [5, 5.41) is 0. The topological polar surface area (TPSA) is 29.3 Å². The molecule has 15 heavy (non-hydrogen) atoms. The molecule has 0 aliphatic carbocycles. The Labute approximate surface area is 96.2 Å². The molecule has 3 atom stereocenters. The predicted molar refractivity (Wildman–Crippen MR) is 69.0 cm³/mol. The van der Waals surface area contributed by atoms with Gasteiger partial charge in [-0.05, 0) is 45.7 Å². The van der Waals surface area contributed by atoms with Gasteiger partial charge in [0.05, 0.1) is 0 Å². The van der Waals surface area contributed by atoms with Crippen LogP contribution in [0.2, 0.25) is 0 Å². The molecule has 0 amide bonds. The van der Waals surface area contributed by atoms with Crippen molar-refractivity contribution >= 4 is 0 Å². The van der Waals surface area contributed by atoms with Gasteiger partial charge in [0.2, 0.25) is 0 Å². The second-order valence-corrected chi connectivity index (χ2v) is 4.80. The van der Waals surface area contributed by atoms with Crippen molar-refractivity contribution in [2.24, 2.45) is 11.7 Å². The Morgan fingerprint density at radius 2 is 1.73 bits per heavy atom. The van der Waals surface area contributed by atoms with Gasteiger partial charge in [-0.25, -0.2) is 0 Å². The van der Waals surface area contributed by atoms with Crippen LogP contribution >= 0.6 is 0 Å². The predicted octanol–water partition coefficient (Wildman–Crippen LogP) is 2.87. The summed E-state index contributed by atoms with van der Waals surface area (Å²) in [6, 6.07) is 1.29. The summed E-state index contributed by atoms with van der Waals surface area (Å²) >= 11 is 0. The highest BCUT2D eigenvalue weighted by atomic mass is 15.2. The zero-order valence-corrected chi connectivity index (χ0v) is 11.3. The average molecular weight is 214 g/mol. The first-order chi connectivity index (χ1) is 7.08. The van der Waals surface area contributed by atoms with E-state index in [1.54, 1.807) is 0 Å². The monoisotopic (exact) mass is 214 g/mol. The van der Waals surface area contributed by atoms with E-state index in [4.69, 9.17) is 5.73 Å². The Bertz CT molecular complexity index is 147. The maximum absolute atomic E-state index is 5.75. The van der Waals surface area contributed by atoms with Crippen molar-refractivity contribution < 1.29 is 0 Å². The summed E-state index contributed by atoms with van der Waals surface area (Å²) in [6.07, 6.45) is 3.80. The molecule has 0 radical (unpaired) electrons. The highest BCUT2D eigenvalue weighted by molar-refractivity contribution is 4.77. The Morgan fingerprint density at radius 3 is 2.13 bits per heavy atom. The molecule has 3 unspecified atom stereocenters. The van der Waals surface area contributed by atoms with Crippen molar-refractivity contribution in [1.82, 2.24) is 4.90 Å². The molecule has 0 aromatic carbocycles. The van der Waals surface area contributed by atoms with Gasteiger partial charge in [-0.2, -0.15) is 0 Å². The first-order valence-electron chi connectivity index (χ1n) is 6.54. The van der Waals surface area contributed by atoms with Gasteiger partial charge in [-0.15, -0.1) is 0 Å². The van der Waals surface area contributed by atoms with Crippen LogP contribution in [0.4, 0.5) is 0 Å². The normalized spacial score (nSPS) is 17.8. The van der Waals surface area contributed by atoms with Crippen LogP contribution in [0.1, 0.15) is 53.9 Å². The minimum atomic E-state index is 0.593. The second-order valence-electron chi connectivity index (χ2n) is 4.80. The van der Waals surface area contributed by atoms with Crippen molar-refractivity contribution in [3.8, 4) is 0 Å². The van der Waals surface area contributed by atoms with Crippen molar-refractivity contribution in [1.29, 1.82) is 0 Å². The van der Waals surface area contributed by atoms with Crippen LogP contribution in [0.5, 0.6) is 0 Å². The molecule has 0 saturated carbocycles. The van der Waals surface area contributed by atoms with Crippen molar-refractivity contribution in [2.45, 2.75) is 66.0 Å². The second kappa shape index (κ2) is 8.12. The molecular weight excluding hydrogens is 184 g/mol. The Morgan fingerprint density at radius 1 is 1.13 bits per heavy atom. The lowest BCUT2D eigenvalue weighted by molar-refractivity contribution is 0.113. The lowest BCUT2D eigenvalue weighted by Crippen LogP contribution is -2.45. The van der Waals surface area contributed by atoms with E-state index < -0.39 is 0 Å². The van der Waals surface area contributed by atoms with Gasteiger partial charge in [0.15, 0.2) is 0 Å². The number of unbranched alkanes of at least 4 members (excludes halogenated alkanes) is 1. The summed E-state index contributed by atoms with van der Waals surface area (Å²) in [5.41, 5.74) is 5.75. The van der Waals surface area contributed by atoms with Gasteiger partial charge < -0.3 is 5.73 Å². The molecule has 2 N–H and O–H groups in total. The molecular formula is C13H30N2. The quantitative estimate of drug-likeness (QED) is 0.673. The van der Waals surface area contributed by atoms with Crippen LogP contribution in [-0.2, 0) is 0 Å². The lowest BCUT2D eigenvalue weighted by atomic mass is 9.99. The molecule has 0 rings (SSSR count). The molecule has 92 valence electrons. The zero-order chi connectivity index (χ0) is 11.8. The van der Waals surface area contributed by atoms with Crippen LogP contribution in [0.15, 0.2) is 0 Å². The van der Waals surface area contributed by atoms with Crippen molar-refractivity contribution in [2.75, 3.05) is 13.1 Å². The molecule has 0 heterocycles. The van der Waals surface area contributed by atoms with Crippen LogP contribution < -0.4 is 5.73 Å². The molecule has 0 aliphatic heterocycles. The Balaban J connectivity index is 4.32. The highest BCUT2D eigenvalue weighted by Crippen LogP contribution is 2.16. The summed E-state index contributed by atoms with van der Waals surface area (Å²) in [7, 11) is 0. The van der Waals surface area contributed by atoms with Crippen LogP contribution in [0, 0.1) is 5.92 Å². The van der Waals surface area contributed by atoms with Crippen molar-refractivity contribution in [3.05, 3.63) is 0 Å². The van der Waals surface area contributed by atoms with Crippen LogP contribution in [0.25, 0.3) is 0 Å². The number of hydrogen-bond acceptors (Lipinski definition) is 2. The summed E-state index contributed by atoms with van der Waals surface area (Å²) in [4.78, 5) is 2.63. The van der Waals surface area contributed by atoms with Gasteiger partial charge in [0.1, 0.15) is 0 Å². The summed E-state index contributed by atoms with van der Waals surface area (Å²) in [6.45, 7) is 13.4. The minimum absolute atomic E-state index is 0.593. The van der Waals surface area contributed by atoms with E-state index in [-0.39, 0.29) is 0 Å². The molecule has 0 aromatic rings. The van der Waals surface area contributed by atoms with Gasteiger partial charge in [0, 0.05) is 12.1 Å². The molecule has 0 saturated heterocycles. The van der Waals surface area contributed by atoms with Gasteiger partial charge >= 0.3 is 0 Å². The molecule has 0 aliphatic rings. The first-order valence-corrected chi connectivity index (χ1v) is 6.54. The molecule has 0 fully saturated rings. The van der Waals surface area contributed by atoms with E-state index in [1.807, 2.05) is 0 Å².